The first-order chi connectivity index (χ1) is 22.1. The van der Waals surface area contributed by atoms with Crippen molar-refractivity contribution in [3.8, 4) is 11.5 Å². The highest BCUT2D eigenvalue weighted by Gasteiger charge is 2.23. The maximum Gasteiger partial charge on any atom is 0.160 e. The van der Waals surface area contributed by atoms with E-state index in [1.165, 1.54) is 56.2 Å². The molecule has 3 aromatic rings. The predicted octanol–water partition coefficient (Wildman–Crippen LogP) is 9.29. The van der Waals surface area contributed by atoms with Crippen molar-refractivity contribution in [1.82, 2.24) is 0 Å². The van der Waals surface area contributed by atoms with Gasteiger partial charge < -0.3 is 19.1 Å². The number of aliphatic imine (C=N–C) groups is 2. The molecule has 1 aliphatic rings. The van der Waals surface area contributed by atoms with E-state index in [0.29, 0.717) is 19.0 Å². The lowest BCUT2D eigenvalue weighted by Gasteiger charge is -2.23. The summed E-state index contributed by atoms with van der Waals surface area (Å²) in [6.07, 6.45) is 12.4. The molecule has 0 saturated carbocycles. The zero-order valence-corrected chi connectivity index (χ0v) is 28.0. The van der Waals surface area contributed by atoms with E-state index in [2.05, 4.69) is 49.9 Å². The van der Waals surface area contributed by atoms with Crippen molar-refractivity contribution in [2.24, 2.45) is 9.98 Å². The van der Waals surface area contributed by atoms with Crippen LogP contribution in [0.1, 0.15) is 87.5 Å². The number of hydrogen-bond acceptors (Lipinski definition) is 6. The first-order valence-corrected chi connectivity index (χ1v) is 16.7. The second-order valence-corrected chi connectivity index (χ2v) is 11.6. The number of likely N-dealkylation sites (N-methyl/N-ethyl adjacent to an activating group) is 1. The molecule has 6 nitrogen and oxygen atoms in total. The first-order valence-electron chi connectivity index (χ1n) is 16.7. The quantitative estimate of drug-likeness (QED) is 0.127. The van der Waals surface area contributed by atoms with E-state index in [9.17, 15) is 0 Å². The molecule has 0 bridgehead atoms. The van der Waals surface area contributed by atoms with E-state index < -0.39 is 0 Å². The third-order valence-electron chi connectivity index (χ3n) is 8.27. The SMILES string of the molecule is CCCCCCCCCCOc1ccc(C2=NC(c3ccccc3)=NC2=Cc2ccc(N(CC)CCOC)cc2C)c(OC)c1. The maximum atomic E-state index is 6.13. The fraction of sp³-hybridized carbons (Fsp3) is 0.436. The summed E-state index contributed by atoms with van der Waals surface area (Å²) in [5, 5.41) is 0. The van der Waals surface area contributed by atoms with Crippen LogP contribution in [0.2, 0.25) is 0 Å². The highest BCUT2D eigenvalue weighted by molar-refractivity contribution is 6.26. The molecule has 0 spiro atoms. The molecular formula is C39H51N3O3. The number of methoxy groups -OCH3 is 2. The molecule has 0 aromatic heterocycles. The Morgan fingerprint density at radius 3 is 2.22 bits per heavy atom. The summed E-state index contributed by atoms with van der Waals surface area (Å²) in [7, 11) is 3.44. The molecule has 0 radical (unpaired) electrons. The fourth-order valence-electron chi connectivity index (χ4n) is 5.59. The number of ether oxygens (including phenoxy) is 3. The Hall–Kier alpha value is -3.90. The second-order valence-electron chi connectivity index (χ2n) is 11.6. The number of rotatable bonds is 19. The van der Waals surface area contributed by atoms with Gasteiger partial charge in [0.1, 0.15) is 17.2 Å². The van der Waals surface area contributed by atoms with E-state index in [0.717, 1.165) is 59.1 Å². The third kappa shape index (κ3) is 9.79. The van der Waals surface area contributed by atoms with Crippen LogP contribution < -0.4 is 14.4 Å². The minimum atomic E-state index is 0.694. The summed E-state index contributed by atoms with van der Waals surface area (Å²) in [6.45, 7) is 9.75. The monoisotopic (exact) mass is 609 g/mol. The van der Waals surface area contributed by atoms with E-state index in [1.54, 1.807) is 14.2 Å². The molecule has 3 aromatic carbocycles. The molecule has 0 unspecified atom stereocenters. The van der Waals surface area contributed by atoms with Crippen molar-refractivity contribution in [3.63, 3.8) is 0 Å². The Balaban J connectivity index is 1.54. The lowest BCUT2D eigenvalue weighted by molar-refractivity contribution is 0.205. The summed E-state index contributed by atoms with van der Waals surface area (Å²) < 4.78 is 17.3. The van der Waals surface area contributed by atoms with Crippen LogP contribution in [-0.2, 0) is 4.74 Å². The van der Waals surface area contributed by atoms with Crippen LogP contribution in [0.5, 0.6) is 11.5 Å². The lowest BCUT2D eigenvalue weighted by atomic mass is 10.0. The molecule has 0 fully saturated rings. The summed E-state index contributed by atoms with van der Waals surface area (Å²) in [4.78, 5) is 12.4. The van der Waals surface area contributed by atoms with Gasteiger partial charge in [0, 0.05) is 43.1 Å². The van der Waals surface area contributed by atoms with E-state index in [-0.39, 0.29) is 0 Å². The summed E-state index contributed by atoms with van der Waals surface area (Å²) in [5.41, 5.74) is 6.94. The maximum absolute atomic E-state index is 6.13. The standard InChI is InChI=1S/C39H51N3O3/c1-6-8-9-10-11-12-13-17-25-45-34-22-23-35(37(29-34)44-5)38-36(40-39(41-38)31-18-15-14-16-19-31)28-32-20-21-33(27-30(32)3)42(7-2)24-26-43-4/h14-16,18-23,27-29H,6-13,17,24-26H2,1-5H3. The van der Waals surface area contributed by atoms with E-state index >= 15 is 0 Å². The topological polar surface area (TPSA) is 55.7 Å². The van der Waals surface area contributed by atoms with Crippen LogP contribution in [0.15, 0.2) is 82.4 Å². The molecule has 4 rings (SSSR count). The van der Waals surface area contributed by atoms with Crippen LogP contribution in [0.3, 0.4) is 0 Å². The van der Waals surface area contributed by atoms with Crippen LogP contribution in [0.4, 0.5) is 5.69 Å². The average Bonchev–Trinajstić information content (AvgIpc) is 3.49. The van der Waals surface area contributed by atoms with Crippen molar-refractivity contribution >= 4 is 23.3 Å². The van der Waals surface area contributed by atoms with Gasteiger partial charge in [0.25, 0.3) is 0 Å². The number of allylic oxidation sites excluding steroid dienone is 1. The van der Waals surface area contributed by atoms with E-state index in [4.69, 9.17) is 24.2 Å². The Morgan fingerprint density at radius 1 is 0.778 bits per heavy atom. The number of amidine groups is 1. The van der Waals surface area contributed by atoms with Crippen molar-refractivity contribution in [1.29, 1.82) is 0 Å². The molecular weight excluding hydrogens is 558 g/mol. The number of aryl methyl sites for hydroxylation is 1. The van der Waals surface area contributed by atoms with Gasteiger partial charge in [0.05, 0.1) is 26.0 Å². The molecule has 0 saturated heterocycles. The van der Waals surface area contributed by atoms with Gasteiger partial charge in [0.2, 0.25) is 0 Å². The van der Waals surface area contributed by atoms with Gasteiger partial charge >= 0.3 is 0 Å². The number of hydrogen-bond donors (Lipinski definition) is 0. The van der Waals surface area contributed by atoms with Crippen LogP contribution >= 0.6 is 0 Å². The van der Waals surface area contributed by atoms with Gasteiger partial charge in [0.15, 0.2) is 5.84 Å². The normalized spacial score (nSPS) is 13.6. The fourth-order valence-corrected chi connectivity index (χ4v) is 5.59. The molecule has 1 heterocycles. The smallest absolute Gasteiger partial charge is 0.160 e. The Bertz CT molecular complexity index is 1450. The summed E-state index contributed by atoms with van der Waals surface area (Å²) in [6, 6.07) is 22.7. The minimum absolute atomic E-state index is 0.694. The zero-order chi connectivity index (χ0) is 31.9. The largest absolute Gasteiger partial charge is 0.496 e. The van der Waals surface area contributed by atoms with Crippen molar-refractivity contribution in [2.75, 3.05) is 45.4 Å². The average molecular weight is 610 g/mol. The lowest BCUT2D eigenvalue weighted by Crippen LogP contribution is -2.26. The van der Waals surface area contributed by atoms with Gasteiger partial charge in [-0.3, -0.25) is 0 Å². The third-order valence-corrected chi connectivity index (χ3v) is 8.27. The van der Waals surface area contributed by atoms with Crippen molar-refractivity contribution < 1.29 is 14.2 Å². The molecule has 240 valence electrons. The zero-order valence-electron chi connectivity index (χ0n) is 28.0. The van der Waals surface area contributed by atoms with Crippen LogP contribution in [0, 0.1) is 6.92 Å². The summed E-state index contributed by atoms with van der Waals surface area (Å²) in [5.74, 6) is 2.23. The van der Waals surface area contributed by atoms with Crippen molar-refractivity contribution in [2.45, 2.75) is 72.1 Å². The van der Waals surface area contributed by atoms with Gasteiger partial charge in [-0.15, -0.1) is 0 Å². The second kappa shape index (κ2) is 18.2. The van der Waals surface area contributed by atoms with Gasteiger partial charge in [-0.25, -0.2) is 9.98 Å². The number of anilines is 1. The molecule has 0 atom stereocenters. The number of unbranched alkanes of at least 4 members (excludes halogenated alkanes) is 7. The minimum Gasteiger partial charge on any atom is -0.496 e. The Morgan fingerprint density at radius 2 is 1.53 bits per heavy atom. The molecule has 0 N–H and O–H groups in total. The number of benzene rings is 3. The van der Waals surface area contributed by atoms with Crippen molar-refractivity contribution in [3.05, 3.63) is 94.7 Å². The van der Waals surface area contributed by atoms with Gasteiger partial charge in [-0.2, -0.15) is 0 Å². The summed E-state index contributed by atoms with van der Waals surface area (Å²) >= 11 is 0. The molecule has 0 amide bonds. The number of nitrogens with zero attached hydrogens (tertiary/aromatic N) is 3. The highest BCUT2D eigenvalue weighted by atomic mass is 16.5. The molecule has 45 heavy (non-hydrogen) atoms. The van der Waals surface area contributed by atoms with Crippen LogP contribution in [-0.4, -0.2) is 52.1 Å². The van der Waals surface area contributed by atoms with Gasteiger partial charge in [-0.05, 0) is 61.7 Å². The van der Waals surface area contributed by atoms with E-state index in [1.807, 2.05) is 48.5 Å². The predicted molar refractivity (Wildman–Crippen MR) is 190 cm³/mol. The Labute approximate surface area is 270 Å². The molecule has 6 heteroatoms. The molecule has 1 aliphatic heterocycles. The highest BCUT2D eigenvalue weighted by Crippen LogP contribution is 2.32. The van der Waals surface area contributed by atoms with Crippen LogP contribution in [0.25, 0.3) is 6.08 Å². The molecule has 0 aliphatic carbocycles. The van der Waals surface area contributed by atoms with Gasteiger partial charge in [-0.1, -0.05) is 88.3 Å². The first kappa shape index (κ1) is 34.0. The Kier molecular flexibility index (Phi) is 13.7.